The van der Waals surface area contributed by atoms with Crippen molar-refractivity contribution < 1.29 is 4.79 Å². The van der Waals surface area contributed by atoms with Crippen molar-refractivity contribution in [3.05, 3.63) is 42.2 Å². The van der Waals surface area contributed by atoms with Crippen LogP contribution in [0.3, 0.4) is 0 Å². The summed E-state index contributed by atoms with van der Waals surface area (Å²) in [5.41, 5.74) is 0.603. The Kier molecular flexibility index (Phi) is 2.53. The second kappa shape index (κ2) is 4.00. The van der Waals surface area contributed by atoms with Crippen LogP contribution >= 0.6 is 0 Å². The van der Waals surface area contributed by atoms with Crippen LogP contribution < -0.4 is 0 Å². The molecule has 0 saturated carbocycles. The van der Waals surface area contributed by atoms with Crippen LogP contribution in [0.2, 0.25) is 0 Å². The molecule has 76 valence electrons. The number of carbonyl (C=O) groups is 1. The number of hydrogen-bond acceptors (Lipinski definition) is 4. The van der Waals surface area contributed by atoms with Gasteiger partial charge >= 0.3 is 0 Å². The fourth-order valence-corrected chi connectivity index (χ4v) is 1.19. The predicted molar refractivity (Wildman–Crippen MR) is 53.4 cm³/mol. The van der Waals surface area contributed by atoms with E-state index in [1.807, 2.05) is 0 Å². The summed E-state index contributed by atoms with van der Waals surface area (Å²) in [6, 6.07) is 1.76. The van der Waals surface area contributed by atoms with Crippen LogP contribution in [-0.2, 0) is 6.54 Å². The van der Waals surface area contributed by atoms with E-state index in [0.29, 0.717) is 17.9 Å². The average molecular weight is 202 g/mol. The minimum absolute atomic E-state index is 0.00947. The van der Waals surface area contributed by atoms with Gasteiger partial charge < -0.3 is 0 Å². The van der Waals surface area contributed by atoms with E-state index in [2.05, 4.69) is 15.1 Å². The summed E-state index contributed by atoms with van der Waals surface area (Å²) >= 11 is 0. The van der Waals surface area contributed by atoms with Crippen LogP contribution in [0.4, 0.5) is 0 Å². The number of nitrogens with zero attached hydrogens (tertiary/aromatic N) is 4. The summed E-state index contributed by atoms with van der Waals surface area (Å²) in [7, 11) is 0. The molecule has 2 heterocycles. The molecule has 5 nitrogen and oxygen atoms in total. The molecule has 0 spiro atoms. The molecule has 0 saturated heterocycles. The average Bonchev–Trinajstić information content (AvgIpc) is 2.68. The fourth-order valence-electron chi connectivity index (χ4n) is 1.19. The molecule has 0 aromatic carbocycles. The number of hydrogen-bond donors (Lipinski definition) is 0. The summed E-state index contributed by atoms with van der Waals surface area (Å²) in [5.74, 6) is 0.686. The first kappa shape index (κ1) is 9.51. The third-order valence-electron chi connectivity index (χ3n) is 1.96. The van der Waals surface area contributed by atoms with E-state index >= 15 is 0 Å². The number of rotatable bonds is 3. The van der Waals surface area contributed by atoms with Crippen molar-refractivity contribution in [3.63, 3.8) is 0 Å². The maximum Gasteiger partial charge on any atom is 0.162 e. The molecular formula is C10H10N4O. The molecule has 0 amide bonds. The molecule has 0 aliphatic heterocycles. The third-order valence-corrected chi connectivity index (χ3v) is 1.96. The van der Waals surface area contributed by atoms with Gasteiger partial charge in [-0.05, 0) is 13.0 Å². The second-order valence-corrected chi connectivity index (χ2v) is 3.15. The molecule has 15 heavy (non-hydrogen) atoms. The molecule has 0 radical (unpaired) electrons. The lowest BCUT2D eigenvalue weighted by atomic mass is 10.3. The topological polar surface area (TPSA) is 60.7 Å². The summed E-state index contributed by atoms with van der Waals surface area (Å²) in [6.45, 7) is 1.99. The quantitative estimate of drug-likeness (QED) is 0.694. The van der Waals surface area contributed by atoms with E-state index in [9.17, 15) is 4.79 Å². The summed E-state index contributed by atoms with van der Waals surface area (Å²) in [4.78, 5) is 19.2. The SMILES string of the molecule is CC(=O)c1cnn(Cc2ncccn2)c1. The second-order valence-electron chi connectivity index (χ2n) is 3.15. The maximum atomic E-state index is 11.0. The van der Waals surface area contributed by atoms with Crippen molar-refractivity contribution in [1.29, 1.82) is 0 Å². The first-order valence-electron chi connectivity index (χ1n) is 4.55. The van der Waals surface area contributed by atoms with Crippen molar-refractivity contribution in [3.8, 4) is 0 Å². The van der Waals surface area contributed by atoms with E-state index in [-0.39, 0.29) is 5.78 Å². The van der Waals surface area contributed by atoms with E-state index < -0.39 is 0 Å². The zero-order valence-corrected chi connectivity index (χ0v) is 8.29. The Bertz CT molecular complexity index is 463. The number of ketones is 1. The van der Waals surface area contributed by atoms with E-state index in [1.165, 1.54) is 6.92 Å². The highest BCUT2D eigenvalue weighted by molar-refractivity contribution is 5.93. The Hall–Kier alpha value is -2.04. The number of Topliss-reactive ketones (excluding diaryl/α,β-unsaturated/α-hetero) is 1. The Morgan fingerprint density at radius 1 is 1.40 bits per heavy atom. The maximum absolute atomic E-state index is 11.0. The van der Waals surface area contributed by atoms with Crippen LogP contribution in [0.5, 0.6) is 0 Å². The van der Waals surface area contributed by atoms with E-state index in [0.717, 1.165) is 0 Å². The van der Waals surface area contributed by atoms with Gasteiger partial charge in [-0.3, -0.25) is 9.48 Å². The van der Waals surface area contributed by atoms with Crippen LogP contribution in [0, 0.1) is 0 Å². The van der Waals surface area contributed by atoms with Gasteiger partial charge in [0.2, 0.25) is 0 Å². The molecular weight excluding hydrogens is 192 g/mol. The first-order chi connectivity index (χ1) is 7.25. The Morgan fingerprint density at radius 3 is 2.73 bits per heavy atom. The molecule has 2 rings (SSSR count). The fraction of sp³-hybridized carbons (Fsp3) is 0.200. The van der Waals surface area contributed by atoms with E-state index in [1.54, 1.807) is 35.5 Å². The molecule has 0 bridgehead atoms. The Morgan fingerprint density at radius 2 is 2.13 bits per heavy atom. The normalized spacial score (nSPS) is 10.2. The molecule has 0 unspecified atom stereocenters. The monoisotopic (exact) mass is 202 g/mol. The first-order valence-corrected chi connectivity index (χ1v) is 4.55. The van der Waals surface area contributed by atoms with Crippen molar-refractivity contribution >= 4 is 5.78 Å². The standard InChI is InChI=1S/C10H10N4O/c1-8(15)9-5-13-14(6-9)7-10-11-3-2-4-12-10/h2-6H,7H2,1H3. The van der Waals surface area contributed by atoms with Gasteiger partial charge in [-0.15, -0.1) is 0 Å². The van der Waals surface area contributed by atoms with Gasteiger partial charge in [0.15, 0.2) is 5.78 Å². The summed E-state index contributed by atoms with van der Waals surface area (Å²) in [5, 5.41) is 4.05. The number of aromatic nitrogens is 4. The van der Waals surface area contributed by atoms with Gasteiger partial charge in [0.1, 0.15) is 12.4 Å². The van der Waals surface area contributed by atoms with Crippen molar-refractivity contribution in [2.24, 2.45) is 0 Å². The van der Waals surface area contributed by atoms with Crippen molar-refractivity contribution in [2.45, 2.75) is 13.5 Å². The van der Waals surface area contributed by atoms with Gasteiger partial charge in [-0.25, -0.2) is 9.97 Å². The summed E-state index contributed by atoms with van der Waals surface area (Å²) in [6.07, 6.45) is 6.60. The molecule has 0 N–H and O–H groups in total. The van der Waals surface area contributed by atoms with Gasteiger partial charge in [-0.1, -0.05) is 0 Å². The van der Waals surface area contributed by atoms with Crippen molar-refractivity contribution in [2.75, 3.05) is 0 Å². The Labute approximate surface area is 86.8 Å². The minimum atomic E-state index is 0.00947. The van der Waals surface area contributed by atoms with Crippen LogP contribution in [-0.4, -0.2) is 25.5 Å². The highest BCUT2D eigenvalue weighted by Crippen LogP contribution is 2.00. The van der Waals surface area contributed by atoms with Gasteiger partial charge in [0.25, 0.3) is 0 Å². The van der Waals surface area contributed by atoms with Gasteiger partial charge in [0.05, 0.1) is 11.8 Å². The zero-order valence-electron chi connectivity index (χ0n) is 8.29. The molecule has 0 fully saturated rings. The highest BCUT2D eigenvalue weighted by atomic mass is 16.1. The van der Waals surface area contributed by atoms with Crippen LogP contribution in [0.1, 0.15) is 23.1 Å². The predicted octanol–water partition coefficient (Wildman–Crippen LogP) is 0.924. The van der Waals surface area contributed by atoms with Gasteiger partial charge in [0, 0.05) is 18.6 Å². The molecule has 2 aromatic heterocycles. The van der Waals surface area contributed by atoms with Crippen LogP contribution in [0.25, 0.3) is 0 Å². The molecule has 0 aliphatic rings. The molecule has 0 atom stereocenters. The minimum Gasteiger partial charge on any atom is -0.294 e. The molecule has 5 heteroatoms. The number of carbonyl (C=O) groups excluding carboxylic acids is 1. The lowest BCUT2D eigenvalue weighted by Gasteiger charge is -1.98. The largest absolute Gasteiger partial charge is 0.294 e. The highest BCUT2D eigenvalue weighted by Gasteiger charge is 2.03. The smallest absolute Gasteiger partial charge is 0.162 e. The lowest BCUT2D eigenvalue weighted by Crippen LogP contribution is -2.03. The zero-order chi connectivity index (χ0) is 10.7. The Balaban J connectivity index is 2.15. The molecule has 2 aromatic rings. The summed E-state index contributed by atoms with van der Waals surface area (Å²) < 4.78 is 1.64. The van der Waals surface area contributed by atoms with E-state index in [4.69, 9.17) is 0 Å². The van der Waals surface area contributed by atoms with Crippen LogP contribution in [0.15, 0.2) is 30.9 Å². The third kappa shape index (κ3) is 2.25. The van der Waals surface area contributed by atoms with Gasteiger partial charge in [-0.2, -0.15) is 5.10 Å². The molecule has 0 aliphatic carbocycles. The van der Waals surface area contributed by atoms with Crippen molar-refractivity contribution in [1.82, 2.24) is 19.7 Å². The lowest BCUT2D eigenvalue weighted by molar-refractivity contribution is 0.101.